The van der Waals surface area contributed by atoms with E-state index in [1.807, 2.05) is 37.4 Å². The first-order valence-corrected chi connectivity index (χ1v) is 9.19. The molecule has 0 saturated carbocycles. The lowest BCUT2D eigenvalue weighted by atomic mass is 10.2. The molecule has 4 rings (SSSR count). The summed E-state index contributed by atoms with van der Waals surface area (Å²) in [7, 11) is 1.83. The average Bonchev–Trinajstić information content (AvgIpc) is 3.25. The van der Waals surface area contributed by atoms with Crippen molar-refractivity contribution in [2.45, 2.75) is 5.16 Å². The molecule has 0 aliphatic rings. The van der Waals surface area contributed by atoms with Crippen LogP contribution in [0.3, 0.4) is 0 Å². The fourth-order valence-electron chi connectivity index (χ4n) is 2.64. The molecule has 0 unspecified atom stereocenters. The Morgan fingerprint density at radius 2 is 1.96 bits per heavy atom. The summed E-state index contributed by atoms with van der Waals surface area (Å²) in [5.41, 5.74) is 1.16. The molecular weight excluding hydrogens is 364 g/mol. The second-order valence-corrected chi connectivity index (χ2v) is 6.81. The molecule has 0 aliphatic carbocycles. The van der Waals surface area contributed by atoms with Crippen molar-refractivity contribution in [1.29, 1.82) is 0 Å². The molecule has 0 spiro atoms. The number of nitrogens with one attached hydrogen (secondary N) is 1. The molecule has 1 amide bonds. The van der Waals surface area contributed by atoms with Gasteiger partial charge < -0.3 is 19.4 Å². The number of benzene rings is 2. The highest BCUT2D eigenvalue weighted by Crippen LogP contribution is 2.28. The number of nitrogens with zero attached hydrogens (tertiary/aromatic N) is 3. The van der Waals surface area contributed by atoms with Crippen molar-refractivity contribution in [3.63, 3.8) is 0 Å². The van der Waals surface area contributed by atoms with Crippen molar-refractivity contribution >= 4 is 34.3 Å². The monoisotopic (exact) mass is 380 g/mol. The van der Waals surface area contributed by atoms with Crippen LogP contribution in [0.4, 0.5) is 5.69 Å². The van der Waals surface area contributed by atoms with Gasteiger partial charge in [0.25, 0.3) is 0 Å². The van der Waals surface area contributed by atoms with E-state index in [9.17, 15) is 9.90 Å². The molecule has 7 nitrogen and oxygen atoms in total. The Kier molecular flexibility index (Phi) is 4.55. The second kappa shape index (κ2) is 7.16. The van der Waals surface area contributed by atoms with E-state index < -0.39 is 0 Å². The molecular formula is C19H16N4O3S. The van der Waals surface area contributed by atoms with Crippen molar-refractivity contribution in [3.8, 4) is 17.3 Å². The van der Waals surface area contributed by atoms with Crippen LogP contribution in [-0.4, -0.2) is 31.5 Å². The van der Waals surface area contributed by atoms with E-state index in [2.05, 4.69) is 15.5 Å². The lowest BCUT2D eigenvalue weighted by Crippen LogP contribution is -2.14. The molecule has 0 bridgehead atoms. The van der Waals surface area contributed by atoms with Gasteiger partial charge in [0.05, 0.1) is 11.4 Å². The maximum absolute atomic E-state index is 12.1. The van der Waals surface area contributed by atoms with Gasteiger partial charge in [0.15, 0.2) is 16.7 Å². The van der Waals surface area contributed by atoms with Crippen LogP contribution in [0.2, 0.25) is 0 Å². The van der Waals surface area contributed by atoms with E-state index in [0.717, 1.165) is 11.0 Å². The third kappa shape index (κ3) is 3.52. The zero-order valence-corrected chi connectivity index (χ0v) is 15.2. The normalized spacial score (nSPS) is 11.0. The third-order valence-corrected chi connectivity index (χ3v) is 5.01. The smallest absolute Gasteiger partial charge is 0.234 e. The summed E-state index contributed by atoms with van der Waals surface area (Å²) in [6, 6.07) is 16.2. The van der Waals surface area contributed by atoms with Gasteiger partial charge in [-0.2, -0.15) is 0 Å². The number of aromatic nitrogens is 3. The number of carbonyl (C=O) groups excluding carboxylic acids is 1. The quantitative estimate of drug-likeness (QED) is 0.405. The van der Waals surface area contributed by atoms with Crippen LogP contribution in [0.15, 0.2) is 64.2 Å². The number of anilines is 1. The zero-order chi connectivity index (χ0) is 18.8. The van der Waals surface area contributed by atoms with E-state index in [4.69, 9.17) is 4.42 Å². The number of phenols is 1. The third-order valence-electron chi connectivity index (χ3n) is 3.99. The molecule has 2 aromatic carbocycles. The highest BCUT2D eigenvalue weighted by molar-refractivity contribution is 7.99. The van der Waals surface area contributed by atoms with Crippen molar-refractivity contribution in [2.24, 2.45) is 7.05 Å². The standard InChI is InChI=1S/C19H16N4O3S/c1-23-18(16-10-12-6-2-5-9-15(12)26-16)21-22-19(23)27-11-17(25)20-13-7-3-4-8-14(13)24/h2-10,24H,11H2,1H3,(H,20,25). The largest absolute Gasteiger partial charge is 0.506 e. The minimum absolute atomic E-state index is 0.0293. The Morgan fingerprint density at radius 3 is 2.78 bits per heavy atom. The molecule has 0 atom stereocenters. The second-order valence-electron chi connectivity index (χ2n) is 5.87. The number of thioether (sulfide) groups is 1. The summed E-state index contributed by atoms with van der Waals surface area (Å²) >= 11 is 1.26. The molecule has 4 aromatic rings. The van der Waals surface area contributed by atoms with Gasteiger partial charge in [0.2, 0.25) is 5.91 Å². The summed E-state index contributed by atoms with van der Waals surface area (Å²) in [5.74, 6) is 1.14. The Balaban J connectivity index is 1.46. The minimum Gasteiger partial charge on any atom is -0.506 e. The first-order chi connectivity index (χ1) is 13.1. The van der Waals surface area contributed by atoms with Crippen molar-refractivity contribution in [3.05, 3.63) is 54.6 Å². The number of amides is 1. The van der Waals surface area contributed by atoms with Gasteiger partial charge in [0.1, 0.15) is 11.3 Å². The average molecular weight is 380 g/mol. The van der Waals surface area contributed by atoms with Crippen LogP contribution in [0.1, 0.15) is 0 Å². The minimum atomic E-state index is -0.241. The number of fused-ring (bicyclic) bond motifs is 1. The maximum atomic E-state index is 12.1. The van der Waals surface area contributed by atoms with Crippen LogP contribution in [0.5, 0.6) is 5.75 Å². The molecule has 2 aromatic heterocycles. The number of carbonyl (C=O) groups is 1. The molecule has 136 valence electrons. The number of furan rings is 1. The molecule has 2 heterocycles. The molecule has 0 radical (unpaired) electrons. The van der Waals surface area contributed by atoms with Gasteiger partial charge in [-0.1, -0.05) is 42.1 Å². The van der Waals surface area contributed by atoms with E-state index >= 15 is 0 Å². The summed E-state index contributed by atoms with van der Waals surface area (Å²) in [5, 5.41) is 22.3. The van der Waals surface area contributed by atoms with E-state index in [1.165, 1.54) is 17.8 Å². The number of rotatable bonds is 5. The fraction of sp³-hybridized carbons (Fsp3) is 0.105. The maximum Gasteiger partial charge on any atom is 0.234 e. The molecule has 0 saturated heterocycles. The predicted molar refractivity (Wildman–Crippen MR) is 104 cm³/mol. The van der Waals surface area contributed by atoms with E-state index in [-0.39, 0.29) is 17.4 Å². The lowest BCUT2D eigenvalue weighted by molar-refractivity contribution is -0.113. The number of aromatic hydroxyl groups is 1. The molecule has 27 heavy (non-hydrogen) atoms. The molecule has 2 N–H and O–H groups in total. The van der Waals surface area contributed by atoms with Gasteiger partial charge >= 0.3 is 0 Å². The summed E-state index contributed by atoms with van der Waals surface area (Å²) in [6.45, 7) is 0. The Morgan fingerprint density at radius 1 is 1.19 bits per heavy atom. The molecule has 8 heteroatoms. The van der Waals surface area contributed by atoms with Crippen LogP contribution in [-0.2, 0) is 11.8 Å². The molecule has 0 fully saturated rings. The van der Waals surface area contributed by atoms with Gasteiger partial charge in [-0.25, -0.2) is 0 Å². The fourth-order valence-corrected chi connectivity index (χ4v) is 3.35. The Hall–Kier alpha value is -3.26. The highest BCUT2D eigenvalue weighted by atomic mass is 32.2. The Bertz CT molecular complexity index is 1090. The van der Waals surface area contributed by atoms with Crippen molar-refractivity contribution < 1.29 is 14.3 Å². The van der Waals surface area contributed by atoms with Crippen LogP contribution >= 0.6 is 11.8 Å². The first-order valence-electron chi connectivity index (χ1n) is 8.21. The highest BCUT2D eigenvalue weighted by Gasteiger charge is 2.16. The van der Waals surface area contributed by atoms with Crippen LogP contribution in [0, 0.1) is 0 Å². The topological polar surface area (TPSA) is 93.2 Å². The number of hydrogen-bond acceptors (Lipinski definition) is 6. The van der Waals surface area contributed by atoms with E-state index in [1.54, 1.807) is 22.8 Å². The van der Waals surface area contributed by atoms with Crippen molar-refractivity contribution in [2.75, 3.05) is 11.1 Å². The Labute approximate surface area is 159 Å². The summed E-state index contributed by atoms with van der Waals surface area (Å²) in [6.07, 6.45) is 0. The number of phenolic OH excluding ortho intramolecular Hbond substituents is 1. The summed E-state index contributed by atoms with van der Waals surface area (Å²) < 4.78 is 7.61. The SMILES string of the molecule is Cn1c(SCC(=O)Nc2ccccc2O)nnc1-c1cc2ccccc2o1. The summed E-state index contributed by atoms with van der Waals surface area (Å²) in [4.78, 5) is 12.1. The molecule has 0 aliphatic heterocycles. The van der Waals surface area contributed by atoms with Gasteiger partial charge in [0, 0.05) is 12.4 Å². The zero-order valence-electron chi connectivity index (χ0n) is 14.4. The first kappa shape index (κ1) is 17.2. The number of hydrogen-bond donors (Lipinski definition) is 2. The van der Waals surface area contributed by atoms with Gasteiger partial charge in [-0.05, 0) is 24.3 Å². The van der Waals surface area contributed by atoms with Gasteiger partial charge in [-0.15, -0.1) is 10.2 Å². The van der Waals surface area contributed by atoms with Crippen LogP contribution in [0.25, 0.3) is 22.6 Å². The van der Waals surface area contributed by atoms with Crippen LogP contribution < -0.4 is 5.32 Å². The predicted octanol–water partition coefficient (Wildman–Crippen LogP) is 3.66. The van der Waals surface area contributed by atoms with E-state index in [0.29, 0.717) is 22.4 Å². The number of para-hydroxylation sites is 3. The lowest BCUT2D eigenvalue weighted by Gasteiger charge is -2.06. The van der Waals surface area contributed by atoms with Crippen molar-refractivity contribution in [1.82, 2.24) is 14.8 Å². The van der Waals surface area contributed by atoms with Gasteiger partial charge in [-0.3, -0.25) is 4.79 Å².